The molecular formula is C16H12ClNO. The highest BCUT2D eigenvalue weighted by atomic mass is 35.5. The standard InChI is InChI=1S/C16H12ClNO/c1-2-16(10-18)14-6-4-3-5-12(14)13-9-11(17)7-8-15(13)19-16/h3-9H,2H2,1H3. The maximum Gasteiger partial charge on any atom is 0.220 e. The Hall–Kier alpha value is -1.98. The van der Waals surface area contributed by atoms with Crippen LogP contribution in [0.3, 0.4) is 0 Å². The molecule has 3 rings (SSSR count). The van der Waals surface area contributed by atoms with E-state index in [1.807, 2.05) is 43.3 Å². The molecule has 1 atom stereocenters. The van der Waals surface area contributed by atoms with Gasteiger partial charge in [0.2, 0.25) is 5.60 Å². The van der Waals surface area contributed by atoms with E-state index >= 15 is 0 Å². The maximum absolute atomic E-state index is 9.57. The number of nitrogens with zero attached hydrogens (tertiary/aromatic N) is 1. The Morgan fingerprint density at radius 1 is 1.21 bits per heavy atom. The SMILES string of the molecule is CCC1(C#N)Oc2ccc(Cl)cc2-c2ccccc21. The zero-order valence-corrected chi connectivity index (χ0v) is 11.2. The van der Waals surface area contributed by atoms with Gasteiger partial charge in [-0.15, -0.1) is 0 Å². The summed E-state index contributed by atoms with van der Waals surface area (Å²) in [6.07, 6.45) is 0.600. The second-order valence-corrected chi connectivity index (χ2v) is 5.02. The molecule has 0 bridgehead atoms. The van der Waals surface area contributed by atoms with Crippen molar-refractivity contribution in [3.05, 3.63) is 53.1 Å². The van der Waals surface area contributed by atoms with Crippen molar-refractivity contribution in [2.75, 3.05) is 0 Å². The van der Waals surface area contributed by atoms with Gasteiger partial charge in [-0.3, -0.25) is 0 Å². The largest absolute Gasteiger partial charge is 0.467 e. The van der Waals surface area contributed by atoms with E-state index in [1.54, 1.807) is 6.07 Å². The van der Waals surface area contributed by atoms with Gasteiger partial charge in [-0.2, -0.15) is 5.26 Å². The fourth-order valence-electron chi connectivity index (χ4n) is 2.54. The summed E-state index contributed by atoms with van der Waals surface area (Å²) in [6, 6.07) is 15.7. The highest BCUT2D eigenvalue weighted by Gasteiger charge is 2.39. The van der Waals surface area contributed by atoms with Crippen LogP contribution in [-0.4, -0.2) is 0 Å². The minimum atomic E-state index is -0.905. The monoisotopic (exact) mass is 269 g/mol. The Balaban J connectivity index is 2.33. The van der Waals surface area contributed by atoms with Crippen molar-refractivity contribution in [1.82, 2.24) is 0 Å². The second-order valence-electron chi connectivity index (χ2n) is 4.58. The van der Waals surface area contributed by atoms with E-state index in [2.05, 4.69) is 6.07 Å². The summed E-state index contributed by atoms with van der Waals surface area (Å²) in [6.45, 7) is 1.96. The summed E-state index contributed by atoms with van der Waals surface area (Å²) < 4.78 is 5.98. The maximum atomic E-state index is 9.57. The minimum Gasteiger partial charge on any atom is -0.467 e. The topological polar surface area (TPSA) is 33.0 Å². The van der Waals surface area contributed by atoms with E-state index in [9.17, 15) is 5.26 Å². The van der Waals surface area contributed by atoms with Gasteiger partial charge in [0, 0.05) is 22.6 Å². The van der Waals surface area contributed by atoms with E-state index < -0.39 is 5.60 Å². The number of nitriles is 1. The van der Waals surface area contributed by atoms with E-state index in [0.29, 0.717) is 17.2 Å². The predicted molar refractivity (Wildman–Crippen MR) is 75.1 cm³/mol. The van der Waals surface area contributed by atoms with E-state index in [4.69, 9.17) is 16.3 Å². The van der Waals surface area contributed by atoms with Gasteiger partial charge in [-0.25, -0.2) is 0 Å². The lowest BCUT2D eigenvalue weighted by Gasteiger charge is -2.34. The first kappa shape index (κ1) is 12.1. The zero-order valence-electron chi connectivity index (χ0n) is 10.5. The molecule has 0 N–H and O–H groups in total. The summed E-state index contributed by atoms with van der Waals surface area (Å²) in [5, 5.41) is 10.2. The van der Waals surface area contributed by atoms with Gasteiger partial charge in [-0.1, -0.05) is 42.8 Å². The molecule has 0 fully saturated rings. The number of hydrogen-bond donors (Lipinski definition) is 0. The van der Waals surface area contributed by atoms with Gasteiger partial charge < -0.3 is 4.74 Å². The predicted octanol–water partition coefficient (Wildman–Crippen LogP) is 4.53. The van der Waals surface area contributed by atoms with Crippen LogP contribution in [0.1, 0.15) is 18.9 Å². The van der Waals surface area contributed by atoms with Crippen LogP contribution in [0.15, 0.2) is 42.5 Å². The lowest BCUT2D eigenvalue weighted by Crippen LogP contribution is -2.33. The van der Waals surface area contributed by atoms with Crippen molar-refractivity contribution in [2.24, 2.45) is 0 Å². The van der Waals surface area contributed by atoms with E-state index in [1.165, 1.54) is 0 Å². The van der Waals surface area contributed by atoms with Crippen molar-refractivity contribution >= 4 is 11.6 Å². The van der Waals surface area contributed by atoms with Crippen LogP contribution in [0.4, 0.5) is 0 Å². The van der Waals surface area contributed by atoms with Crippen molar-refractivity contribution in [1.29, 1.82) is 5.26 Å². The molecular weight excluding hydrogens is 258 g/mol. The van der Waals surface area contributed by atoms with Crippen molar-refractivity contribution in [3.8, 4) is 22.9 Å². The average molecular weight is 270 g/mol. The van der Waals surface area contributed by atoms with Crippen LogP contribution < -0.4 is 4.74 Å². The first-order chi connectivity index (χ1) is 9.20. The van der Waals surface area contributed by atoms with Gasteiger partial charge in [0.15, 0.2) is 0 Å². The Labute approximate surface area is 117 Å². The molecule has 2 aromatic carbocycles. The van der Waals surface area contributed by atoms with Crippen LogP contribution in [0.5, 0.6) is 5.75 Å². The normalized spacial score (nSPS) is 19.8. The van der Waals surface area contributed by atoms with Crippen LogP contribution in [-0.2, 0) is 5.60 Å². The second kappa shape index (κ2) is 4.29. The zero-order chi connectivity index (χ0) is 13.5. The number of benzene rings is 2. The number of ether oxygens (including phenoxy) is 1. The highest BCUT2D eigenvalue weighted by Crippen LogP contribution is 2.47. The van der Waals surface area contributed by atoms with Crippen molar-refractivity contribution < 1.29 is 4.74 Å². The lowest BCUT2D eigenvalue weighted by molar-refractivity contribution is 0.120. The molecule has 1 aliphatic rings. The molecule has 0 aromatic heterocycles. The van der Waals surface area contributed by atoms with Gasteiger partial charge >= 0.3 is 0 Å². The first-order valence-corrected chi connectivity index (χ1v) is 6.57. The average Bonchev–Trinajstić information content (AvgIpc) is 2.47. The molecule has 0 saturated carbocycles. The Bertz CT molecular complexity index is 689. The third kappa shape index (κ3) is 1.70. The molecule has 1 heterocycles. The van der Waals surface area contributed by atoms with Gasteiger partial charge in [0.25, 0.3) is 0 Å². The van der Waals surface area contributed by atoms with Crippen LogP contribution in [0.2, 0.25) is 5.02 Å². The van der Waals surface area contributed by atoms with Gasteiger partial charge in [0.1, 0.15) is 11.8 Å². The molecule has 94 valence electrons. The molecule has 0 amide bonds. The summed E-state index contributed by atoms with van der Waals surface area (Å²) in [7, 11) is 0. The van der Waals surface area contributed by atoms with Gasteiger partial charge in [0.05, 0.1) is 0 Å². The third-order valence-electron chi connectivity index (χ3n) is 3.56. The Kier molecular flexibility index (Phi) is 2.73. The third-order valence-corrected chi connectivity index (χ3v) is 3.79. The number of halogens is 1. The summed E-state index contributed by atoms with van der Waals surface area (Å²) in [4.78, 5) is 0. The van der Waals surface area contributed by atoms with Crippen molar-refractivity contribution in [2.45, 2.75) is 18.9 Å². The Morgan fingerprint density at radius 3 is 2.74 bits per heavy atom. The molecule has 2 nitrogen and oxygen atoms in total. The van der Waals surface area contributed by atoms with Crippen LogP contribution in [0.25, 0.3) is 11.1 Å². The first-order valence-electron chi connectivity index (χ1n) is 6.20. The van der Waals surface area contributed by atoms with Crippen LogP contribution in [0, 0.1) is 11.3 Å². The number of hydrogen-bond acceptors (Lipinski definition) is 2. The number of rotatable bonds is 1. The molecule has 1 unspecified atom stereocenters. The smallest absolute Gasteiger partial charge is 0.220 e. The lowest BCUT2D eigenvalue weighted by atomic mass is 9.83. The minimum absolute atomic E-state index is 0.600. The molecule has 0 saturated heterocycles. The molecule has 19 heavy (non-hydrogen) atoms. The summed E-state index contributed by atoms with van der Waals surface area (Å²) in [5.74, 6) is 0.714. The summed E-state index contributed by atoms with van der Waals surface area (Å²) in [5.41, 5.74) is 1.98. The molecule has 0 radical (unpaired) electrons. The van der Waals surface area contributed by atoms with Crippen molar-refractivity contribution in [3.63, 3.8) is 0 Å². The molecule has 3 heteroatoms. The van der Waals surface area contributed by atoms with E-state index in [-0.39, 0.29) is 0 Å². The fourth-order valence-corrected chi connectivity index (χ4v) is 2.71. The van der Waals surface area contributed by atoms with Gasteiger partial charge in [-0.05, 0) is 23.8 Å². The van der Waals surface area contributed by atoms with E-state index in [0.717, 1.165) is 16.7 Å². The fraction of sp³-hybridized carbons (Fsp3) is 0.188. The quantitative estimate of drug-likeness (QED) is 0.762. The molecule has 2 aromatic rings. The Morgan fingerprint density at radius 2 is 2.00 bits per heavy atom. The summed E-state index contributed by atoms with van der Waals surface area (Å²) >= 11 is 6.06. The van der Waals surface area contributed by atoms with Crippen LogP contribution >= 0.6 is 11.6 Å². The molecule has 0 aliphatic carbocycles. The molecule has 0 spiro atoms. The highest BCUT2D eigenvalue weighted by molar-refractivity contribution is 6.31. The molecule has 1 aliphatic heterocycles. The number of fused-ring (bicyclic) bond motifs is 3.